The molecule has 154 valence electrons. The summed E-state index contributed by atoms with van der Waals surface area (Å²) in [4.78, 5) is 26.2. The molecule has 1 heterocycles. The highest BCUT2D eigenvalue weighted by atomic mass is 16.2. The van der Waals surface area contributed by atoms with E-state index in [-0.39, 0.29) is 0 Å². The summed E-state index contributed by atoms with van der Waals surface area (Å²) in [5, 5.41) is 5.34. The van der Waals surface area contributed by atoms with Gasteiger partial charge in [-0.05, 0) is 48.9 Å². The molecule has 5 nitrogen and oxygen atoms in total. The first kappa shape index (κ1) is 20.9. The number of carbonyl (C=O) groups excluding carboxylic acids is 2. The van der Waals surface area contributed by atoms with Crippen LogP contribution in [-0.4, -0.2) is 31.4 Å². The predicted octanol–water partition coefficient (Wildman–Crippen LogP) is 3.43. The molecule has 29 heavy (non-hydrogen) atoms. The van der Waals surface area contributed by atoms with Crippen molar-refractivity contribution in [1.82, 2.24) is 10.6 Å². The van der Waals surface area contributed by atoms with Gasteiger partial charge in [-0.25, -0.2) is 0 Å². The normalized spacial score (nSPS) is 14.1. The largest absolute Gasteiger partial charge is 0.372 e. The Balaban J connectivity index is 1.34. The Labute approximate surface area is 173 Å². The molecular weight excluding hydrogens is 362 g/mol. The molecule has 1 aliphatic heterocycles. The van der Waals surface area contributed by atoms with Crippen LogP contribution in [0.2, 0.25) is 0 Å². The van der Waals surface area contributed by atoms with Crippen LogP contribution in [0, 0.1) is 0 Å². The summed E-state index contributed by atoms with van der Waals surface area (Å²) < 4.78 is 0. The SMILES string of the molecule is O=C(NCCCc1ccc(N2CCCCCC2)cc1)C(=O)NCc1ccccc1. The number of hydrogen-bond donors (Lipinski definition) is 2. The van der Waals surface area contributed by atoms with Crippen LogP contribution in [-0.2, 0) is 22.6 Å². The van der Waals surface area contributed by atoms with Gasteiger partial charge in [0.05, 0.1) is 0 Å². The van der Waals surface area contributed by atoms with Gasteiger partial charge in [-0.15, -0.1) is 0 Å². The second-order valence-corrected chi connectivity index (χ2v) is 7.60. The van der Waals surface area contributed by atoms with Gasteiger partial charge in [-0.1, -0.05) is 55.3 Å². The van der Waals surface area contributed by atoms with E-state index in [2.05, 4.69) is 39.8 Å². The van der Waals surface area contributed by atoms with E-state index in [1.807, 2.05) is 30.3 Å². The molecular formula is C24H31N3O2. The molecule has 0 atom stereocenters. The first-order valence-corrected chi connectivity index (χ1v) is 10.7. The molecule has 1 fully saturated rings. The molecule has 0 saturated carbocycles. The molecule has 0 bridgehead atoms. The van der Waals surface area contributed by atoms with Gasteiger partial charge in [0.15, 0.2) is 0 Å². The number of amides is 2. The van der Waals surface area contributed by atoms with Gasteiger partial charge in [0.25, 0.3) is 0 Å². The van der Waals surface area contributed by atoms with Crippen LogP contribution in [0.25, 0.3) is 0 Å². The van der Waals surface area contributed by atoms with Crippen molar-refractivity contribution in [2.75, 3.05) is 24.5 Å². The van der Waals surface area contributed by atoms with E-state index in [0.717, 1.165) is 31.5 Å². The van der Waals surface area contributed by atoms with Gasteiger partial charge in [-0.3, -0.25) is 9.59 Å². The Kier molecular flexibility index (Phi) is 8.11. The molecule has 1 aliphatic rings. The van der Waals surface area contributed by atoms with Crippen LogP contribution in [0.3, 0.4) is 0 Å². The van der Waals surface area contributed by atoms with Gasteiger partial charge in [0, 0.05) is 31.9 Å². The fourth-order valence-corrected chi connectivity index (χ4v) is 3.64. The highest BCUT2D eigenvalue weighted by molar-refractivity contribution is 6.35. The van der Waals surface area contributed by atoms with Crippen LogP contribution in [0.1, 0.15) is 43.2 Å². The van der Waals surface area contributed by atoms with Crippen LogP contribution in [0.15, 0.2) is 54.6 Å². The zero-order valence-corrected chi connectivity index (χ0v) is 17.0. The Bertz CT molecular complexity index is 766. The maximum atomic E-state index is 11.9. The lowest BCUT2D eigenvalue weighted by Gasteiger charge is -2.22. The molecule has 0 spiro atoms. The van der Waals surface area contributed by atoms with Crippen molar-refractivity contribution in [3.05, 3.63) is 65.7 Å². The molecule has 0 aromatic heterocycles. The average molecular weight is 394 g/mol. The molecule has 0 radical (unpaired) electrons. The summed E-state index contributed by atoms with van der Waals surface area (Å²) in [7, 11) is 0. The number of nitrogens with one attached hydrogen (secondary N) is 2. The van der Waals surface area contributed by atoms with Gasteiger partial charge in [-0.2, -0.15) is 0 Å². The number of nitrogens with zero attached hydrogens (tertiary/aromatic N) is 1. The Morgan fingerprint density at radius 2 is 1.41 bits per heavy atom. The summed E-state index contributed by atoms with van der Waals surface area (Å²) >= 11 is 0. The van der Waals surface area contributed by atoms with E-state index in [1.54, 1.807) is 0 Å². The molecule has 0 unspecified atom stereocenters. The molecule has 1 saturated heterocycles. The number of benzene rings is 2. The zero-order chi connectivity index (χ0) is 20.3. The molecule has 3 rings (SSSR count). The second kappa shape index (κ2) is 11.2. The molecule has 5 heteroatoms. The van der Waals surface area contributed by atoms with Gasteiger partial charge >= 0.3 is 11.8 Å². The van der Waals surface area contributed by atoms with Crippen molar-refractivity contribution >= 4 is 17.5 Å². The van der Waals surface area contributed by atoms with Crippen molar-refractivity contribution < 1.29 is 9.59 Å². The fraction of sp³-hybridized carbons (Fsp3) is 0.417. The highest BCUT2D eigenvalue weighted by Gasteiger charge is 2.12. The summed E-state index contributed by atoms with van der Waals surface area (Å²) in [5.41, 5.74) is 3.53. The number of rotatable bonds is 7. The topological polar surface area (TPSA) is 61.4 Å². The third-order valence-corrected chi connectivity index (χ3v) is 5.34. The Morgan fingerprint density at radius 3 is 2.10 bits per heavy atom. The molecule has 2 amide bonds. The minimum atomic E-state index is -0.587. The summed E-state index contributed by atoms with van der Waals surface area (Å²) in [5.74, 6) is -1.16. The number of aryl methyl sites for hydroxylation is 1. The fourth-order valence-electron chi connectivity index (χ4n) is 3.64. The van der Waals surface area contributed by atoms with Crippen LogP contribution >= 0.6 is 0 Å². The van der Waals surface area contributed by atoms with E-state index in [9.17, 15) is 9.59 Å². The summed E-state index contributed by atoms with van der Waals surface area (Å²) in [6.07, 6.45) is 6.92. The maximum Gasteiger partial charge on any atom is 0.309 e. The third kappa shape index (κ3) is 6.93. The number of hydrogen-bond acceptors (Lipinski definition) is 3. The smallest absolute Gasteiger partial charge is 0.309 e. The second-order valence-electron chi connectivity index (χ2n) is 7.60. The first-order valence-electron chi connectivity index (χ1n) is 10.7. The lowest BCUT2D eigenvalue weighted by molar-refractivity contribution is -0.139. The van der Waals surface area contributed by atoms with E-state index in [0.29, 0.717) is 13.1 Å². The predicted molar refractivity (Wildman–Crippen MR) is 117 cm³/mol. The standard InChI is InChI=1S/C24H31N3O2/c28-23(24(29)26-19-21-9-4-3-5-10-21)25-16-8-11-20-12-14-22(15-13-20)27-17-6-1-2-7-18-27/h3-5,9-10,12-15H,1-2,6-8,11,16-19H2,(H,25,28)(H,26,29). The van der Waals surface area contributed by atoms with E-state index in [4.69, 9.17) is 0 Å². The van der Waals surface area contributed by atoms with Crippen molar-refractivity contribution in [1.29, 1.82) is 0 Å². The molecule has 2 N–H and O–H groups in total. The van der Waals surface area contributed by atoms with Crippen molar-refractivity contribution in [3.8, 4) is 0 Å². The van der Waals surface area contributed by atoms with E-state index in [1.165, 1.54) is 36.9 Å². The lowest BCUT2D eigenvalue weighted by atomic mass is 10.1. The monoisotopic (exact) mass is 393 g/mol. The van der Waals surface area contributed by atoms with Crippen LogP contribution < -0.4 is 15.5 Å². The molecule has 0 aliphatic carbocycles. The number of carbonyl (C=O) groups is 2. The number of anilines is 1. The molecule has 2 aromatic rings. The maximum absolute atomic E-state index is 11.9. The third-order valence-electron chi connectivity index (χ3n) is 5.34. The summed E-state index contributed by atoms with van der Waals surface area (Å²) in [6.45, 7) is 3.15. The van der Waals surface area contributed by atoms with Gasteiger partial charge in [0.1, 0.15) is 0 Å². The summed E-state index contributed by atoms with van der Waals surface area (Å²) in [6, 6.07) is 18.3. The molecule has 2 aromatic carbocycles. The van der Waals surface area contributed by atoms with Gasteiger partial charge < -0.3 is 15.5 Å². The van der Waals surface area contributed by atoms with Crippen LogP contribution in [0.5, 0.6) is 0 Å². The Morgan fingerprint density at radius 1 is 0.759 bits per heavy atom. The first-order chi connectivity index (χ1) is 14.2. The van der Waals surface area contributed by atoms with E-state index < -0.39 is 11.8 Å². The minimum Gasteiger partial charge on any atom is -0.372 e. The lowest BCUT2D eigenvalue weighted by Crippen LogP contribution is -2.40. The Hall–Kier alpha value is -2.82. The highest BCUT2D eigenvalue weighted by Crippen LogP contribution is 2.20. The minimum absolute atomic E-state index is 0.358. The van der Waals surface area contributed by atoms with Crippen LogP contribution in [0.4, 0.5) is 5.69 Å². The quantitative estimate of drug-likeness (QED) is 0.560. The average Bonchev–Trinajstić information content (AvgIpc) is 3.05. The van der Waals surface area contributed by atoms with Gasteiger partial charge in [0.2, 0.25) is 0 Å². The van der Waals surface area contributed by atoms with E-state index >= 15 is 0 Å². The van der Waals surface area contributed by atoms with Crippen molar-refractivity contribution in [3.63, 3.8) is 0 Å². The van der Waals surface area contributed by atoms with Crippen molar-refractivity contribution in [2.24, 2.45) is 0 Å². The zero-order valence-electron chi connectivity index (χ0n) is 17.0. The van der Waals surface area contributed by atoms with Crippen molar-refractivity contribution in [2.45, 2.75) is 45.1 Å².